The maximum atomic E-state index is 10.4. The smallest absolute Gasteiger partial charge is 0.341 e. The van der Waals surface area contributed by atoms with Crippen molar-refractivity contribution >= 4 is 51.3 Å². The van der Waals surface area contributed by atoms with Crippen LogP contribution in [-0.2, 0) is 4.79 Å². The Labute approximate surface area is 133 Å². The standard InChI is InChI=1S/C13H15Cl3O3Si/c14-20(15,16)10-2-1-9-19-12-6-3-11(4-7-12)5-8-13(17)18/h3-8H,1-2,9-10H2,(H,17,18). The average molecular weight is 354 g/mol. The molecule has 0 radical (unpaired) electrons. The van der Waals surface area contributed by atoms with Crippen LogP contribution in [0.1, 0.15) is 18.4 Å². The van der Waals surface area contributed by atoms with E-state index in [-0.39, 0.29) is 0 Å². The largest absolute Gasteiger partial charge is 0.494 e. The average Bonchev–Trinajstić information content (AvgIpc) is 2.36. The molecule has 0 aliphatic heterocycles. The van der Waals surface area contributed by atoms with E-state index >= 15 is 0 Å². The summed E-state index contributed by atoms with van der Waals surface area (Å²) >= 11 is 17.3. The van der Waals surface area contributed by atoms with Gasteiger partial charge in [0.1, 0.15) is 5.75 Å². The van der Waals surface area contributed by atoms with Crippen molar-refractivity contribution in [1.29, 1.82) is 0 Å². The van der Waals surface area contributed by atoms with Crippen LogP contribution in [0.25, 0.3) is 6.08 Å². The van der Waals surface area contributed by atoms with Crippen LogP contribution in [0.3, 0.4) is 0 Å². The third-order valence-electron chi connectivity index (χ3n) is 2.42. The van der Waals surface area contributed by atoms with E-state index in [2.05, 4.69) is 0 Å². The van der Waals surface area contributed by atoms with Crippen LogP contribution in [0.4, 0.5) is 0 Å². The van der Waals surface area contributed by atoms with Crippen LogP contribution in [0.15, 0.2) is 30.3 Å². The van der Waals surface area contributed by atoms with Crippen molar-refractivity contribution in [3.63, 3.8) is 0 Å². The molecular weight excluding hydrogens is 339 g/mol. The maximum Gasteiger partial charge on any atom is 0.341 e. The van der Waals surface area contributed by atoms with Crippen molar-refractivity contribution < 1.29 is 14.6 Å². The molecule has 0 amide bonds. The van der Waals surface area contributed by atoms with Crippen LogP contribution in [0, 0.1) is 0 Å². The fourth-order valence-corrected chi connectivity index (χ4v) is 3.31. The second-order valence-electron chi connectivity index (χ2n) is 4.16. The number of carbonyl (C=O) groups is 1. The predicted molar refractivity (Wildman–Crippen MR) is 86.0 cm³/mol. The lowest BCUT2D eigenvalue weighted by Crippen LogP contribution is -2.09. The van der Waals surface area contributed by atoms with Crippen molar-refractivity contribution in [2.45, 2.75) is 18.9 Å². The molecule has 7 heteroatoms. The molecule has 0 unspecified atom stereocenters. The number of unbranched alkanes of at least 4 members (excludes halogenated alkanes) is 1. The molecule has 1 aromatic rings. The lowest BCUT2D eigenvalue weighted by molar-refractivity contribution is -0.131. The number of benzene rings is 1. The Balaban J connectivity index is 2.30. The Morgan fingerprint density at radius 1 is 1.20 bits per heavy atom. The molecule has 0 aliphatic carbocycles. The molecule has 110 valence electrons. The monoisotopic (exact) mass is 352 g/mol. The lowest BCUT2D eigenvalue weighted by atomic mass is 10.2. The zero-order valence-corrected chi connectivity index (χ0v) is 14.0. The number of carboxylic acid groups (broad SMARTS) is 1. The summed E-state index contributed by atoms with van der Waals surface area (Å²) in [5.41, 5.74) is 0.807. The van der Waals surface area contributed by atoms with Crippen LogP contribution in [-0.4, -0.2) is 23.7 Å². The molecule has 1 N–H and O–H groups in total. The normalized spacial score (nSPS) is 11.8. The Kier molecular flexibility index (Phi) is 7.44. The molecule has 1 rings (SSSR count). The molecule has 0 saturated carbocycles. The highest BCUT2D eigenvalue weighted by molar-refractivity contribution is 7.64. The highest BCUT2D eigenvalue weighted by atomic mass is 35.8. The number of hydrogen-bond donors (Lipinski definition) is 1. The van der Waals surface area contributed by atoms with Gasteiger partial charge in [0.2, 0.25) is 0 Å². The van der Waals surface area contributed by atoms with Gasteiger partial charge < -0.3 is 9.84 Å². The highest BCUT2D eigenvalue weighted by Crippen LogP contribution is 2.27. The van der Waals surface area contributed by atoms with Crippen LogP contribution in [0.5, 0.6) is 5.75 Å². The van der Waals surface area contributed by atoms with Gasteiger partial charge in [-0.1, -0.05) is 12.1 Å². The Hall–Kier alpha value is -0.683. The summed E-state index contributed by atoms with van der Waals surface area (Å²) in [5, 5.41) is 8.52. The second kappa shape index (κ2) is 8.57. The van der Waals surface area contributed by atoms with Gasteiger partial charge in [-0.3, -0.25) is 0 Å². The van der Waals surface area contributed by atoms with Gasteiger partial charge in [0.15, 0.2) is 0 Å². The fraction of sp³-hybridized carbons (Fsp3) is 0.308. The minimum absolute atomic E-state index is 0.569. The highest BCUT2D eigenvalue weighted by Gasteiger charge is 2.23. The van der Waals surface area contributed by atoms with Gasteiger partial charge in [-0.15, -0.1) is 33.2 Å². The summed E-state index contributed by atoms with van der Waals surface area (Å²) < 4.78 is 5.55. The summed E-state index contributed by atoms with van der Waals surface area (Å²) in [6.07, 6.45) is 4.29. The molecule has 3 nitrogen and oxygen atoms in total. The summed E-state index contributed by atoms with van der Waals surface area (Å²) in [6, 6.07) is 5.31. The van der Waals surface area contributed by atoms with E-state index in [0.717, 1.165) is 30.2 Å². The third kappa shape index (κ3) is 8.48. The molecule has 1 aromatic carbocycles. The number of rotatable bonds is 8. The summed E-state index contributed by atoms with van der Waals surface area (Å²) in [7, 11) is 0. The van der Waals surface area contributed by atoms with Gasteiger partial charge in [-0.2, -0.15) is 0 Å². The van der Waals surface area contributed by atoms with E-state index in [1.165, 1.54) is 6.08 Å². The lowest BCUT2D eigenvalue weighted by Gasteiger charge is -2.08. The number of aliphatic carboxylic acids is 1. The fourth-order valence-electron chi connectivity index (χ4n) is 1.46. The van der Waals surface area contributed by atoms with Crippen molar-refractivity contribution in [3.8, 4) is 5.75 Å². The molecule has 0 heterocycles. The quantitative estimate of drug-likeness (QED) is 0.321. The van der Waals surface area contributed by atoms with Crippen LogP contribution in [0.2, 0.25) is 6.04 Å². The van der Waals surface area contributed by atoms with E-state index in [1.54, 1.807) is 24.3 Å². The second-order valence-corrected chi connectivity index (χ2v) is 13.4. The Morgan fingerprint density at radius 3 is 2.40 bits per heavy atom. The third-order valence-corrected chi connectivity index (χ3v) is 5.04. The van der Waals surface area contributed by atoms with Gasteiger partial charge >= 0.3 is 12.0 Å². The molecule has 20 heavy (non-hydrogen) atoms. The van der Waals surface area contributed by atoms with Crippen molar-refractivity contribution in [2.75, 3.05) is 6.61 Å². The van der Waals surface area contributed by atoms with Crippen molar-refractivity contribution in [2.24, 2.45) is 0 Å². The summed E-state index contributed by atoms with van der Waals surface area (Å²) in [6.45, 7) is 0.569. The van der Waals surface area contributed by atoms with Gasteiger partial charge in [-0.05, 0) is 42.7 Å². The minimum atomic E-state index is -2.51. The van der Waals surface area contributed by atoms with E-state index in [1.807, 2.05) is 0 Å². The van der Waals surface area contributed by atoms with E-state index in [4.69, 9.17) is 43.1 Å². The zero-order valence-electron chi connectivity index (χ0n) is 10.7. The number of ether oxygens (including phenoxy) is 1. The Bertz CT molecular complexity index is 455. The topological polar surface area (TPSA) is 46.5 Å². The first-order valence-electron chi connectivity index (χ1n) is 6.07. The van der Waals surface area contributed by atoms with Crippen molar-refractivity contribution in [3.05, 3.63) is 35.9 Å². The maximum absolute atomic E-state index is 10.4. The SMILES string of the molecule is O=C(O)C=Cc1ccc(OCCCC[Si](Cl)(Cl)Cl)cc1. The van der Waals surface area contributed by atoms with E-state index in [9.17, 15) is 4.79 Å². The number of halogens is 3. The summed E-state index contributed by atoms with van der Waals surface area (Å²) in [4.78, 5) is 10.4. The predicted octanol–water partition coefficient (Wildman–Crippen LogP) is 4.60. The Morgan fingerprint density at radius 2 is 1.85 bits per heavy atom. The minimum Gasteiger partial charge on any atom is -0.494 e. The zero-order chi connectivity index (χ0) is 15.0. The van der Waals surface area contributed by atoms with Gasteiger partial charge in [0.05, 0.1) is 6.61 Å². The molecule has 0 saturated heterocycles. The van der Waals surface area contributed by atoms with Crippen LogP contribution >= 0.6 is 33.2 Å². The van der Waals surface area contributed by atoms with Crippen molar-refractivity contribution in [1.82, 2.24) is 0 Å². The molecule has 0 atom stereocenters. The van der Waals surface area contributed by atoms with E-state index in [0.29, 0.717) is 12.7 Å². The van der Waals surface area contributed by atoms with Crippen LogP contribution < -0.4 is 4.74 Å². The van der Waals surface area contributed by atoms with Gasteiger partial charge in [0.25, 0.3) is 0 Å². The van der Waals surface area contributed by atoms with Gasteiger partial charge in [0, 0.05) is 6.08 Å². The molecule has 0 fully saturated rings. The number of carboxylic acids is 1. The first-order chi connectivity index (χ1) is 9.37. The summed E-state index contributed by atoms with van der Waals surface area (Å²) in [5.74, 6) is -0.230. The molecule has 0 spiro atoms. The molecular formula is C13H15Cl3O3Si. The molecule has 0 aliphatic rings. The van der Waals surface area contributed by atoms with Gasteiger partial charge in [-0.25, -0.2) is 4.79 Å². The first-order valence-corrected chi connectivity index (χ1v) is 11.3. The number of hydrogen-bond acceptors (Lipinski definition) is 2. The van der Waals surface area contributed by atoms with E-state index < -0.39 is 12.0 Å². The first kappa shape index (κ1) is 17.4. The molecule has 0 bridgehead atoms. The molecule has 0 aromatic heterocycles.